The van der Waals surface area contributed by atoms with E-state index in [0.29, 0.717) is 10.9 Å². The molecular weight excluding hydrogens is 346 g/mol. The zero-order valence-corrected chi connectivity index (χ0v) is 16.6. The molecule has 4 rings (SSSR count). The van der Waals surface area contributed by atoms with E-state index in [1.165, 1.54) is 38.8 Å². The van der Waals surface area contributed by atoms with Gasteiger partial charge in [-0.25, -0.2) is 0 Å². The molecule has 1 unspecified atom stereocenters. The lowest BCUT2D eigenvalue weighted by Gasteiger charge is -2.44. The molecule has 5 heteroatoms. The van der Waals surface area contributed by atoms with Crippen LogP contribution in [0.4, 0.5) is 0 Å². The van der Waals surface area contributed by atoms with Gasteiger partial charge < -0.3 is 10.0 Å². The van der Waals surface area contributed by atoms with E-state index in [0.717, 1.165) is 35.3 Å². The molecule has 4 nitrogen and oxygen atoms in total. The number of aliphatic hydroxyl groups is 1. The fourth-order valence-corrected chi connectivity index (χ4v) is 5.40. The molecule has 2 heterocycles. The van der Waals surface area contributed by atoms with Crippen LogP contribution in [-0.2, 0) is 0 Å². The van der Waals surface area contributed by atoms with Gasteiger partial charge in [0.1, 0.15) is 0 Å². The van der Waals surface area contributed by atoms with Crippen molar-refractivity contribution in [3.63, 3.8) is 0 Å². The second-order valence-electron chi connectivity index (χ2n) is 8.80. The first kappa shape index (κ1) is 18.3. The van der Waals surface area contributed by atoms with Crippen molar-refractivity contribution in [3.8, 4) is 0 Å². The molecule has 0 radical (unpaired) electrons. The standard InChI is InChI=1S/C21H30ClN3O/c1-21(2,15-7-9-25(10-8-15)17-5-3-4-6-17)20(26)18-12-16(22)11-14-13-23-24-19(14)18/h11-13,15,17,20,26H,3-10H2,1-2H3,(H,23,24). The van der Waals surface area contributed by atoms with Gasteiger partial charge in [-0.15, -0.1) is 0 Å². The van der Waals surface area contributed by atoms with Crippen LogP contribution in [0.2, 0.25) is 5.02 Å². The molecule has 0 spiro atoms. The molecule has 1 aromatic heterocycles. The Morgan fingerprint density at radius 3 is 2.58 bits per heavy atom. The van der Waals surface area contributed by atoms with Gasteiger partial charge in [0.25, 0.3) is 0 Å². The second kappa shape index (κ2) is 7.14. The van der Waals surface area contributed by atoms with Crippen LogP contribution in [-0.4, -0.2) is 39.3 Å². The summed E-state index contributed by atoms with van der Waals surface area (Å²) in [7, 11) is 0. The van der Waals surface area contributed by atoms with Gasteiger partial charge in [0.05, 0.1) is 17.8 Å². The molecule has 1 saturated carbocycles. The van der Waals surface area contributed by atoms with E-state index >= 15 is 0 Å². The van der Waals surface area contributed by atoms with Gasteiger partial charge in [0, 0.05) is 22.0 Å². The number of H-pyrrole nitrogens is 1. The second-order valence-corrected chi connectivity index (χ2v) is 9.24. The number of rotatable bonds is 4. The molecule has 2 aromatic rings. The minimum absolute atomic E-state index is 0.204. The van der Waals surface area contributed by atoms with Crippen molar-refractivity contribution in [1.82, 2.24) is 15.1 Å². The summed E-state index contributed by atoms with van der Waals surface area (Å²) in [5, 5.41) is 20.1. The van der Waals surface area contributed by atoms with Crippen molar-refractivity contribution < 1.29 is 5.11 Å². The predicted molar refractivity (Wildman–Crippen MR) is 106 cm³/mol. The van der Waals surface area contributed by atoms with E-state index in [2.05, 4.69) is 28.9 Å². The highest BCUT2D eigenvalue weighted by molar-refractivity contribution is 6.31. The molecule has 0 amide bonds. The third-order valence-corrected chi connectivity index (χ3v) is 7.18. The highest BCUT2D eigenvalue weighted by atomic mass is 35.5. The summed E-state index contributed by atoms with van der Waals surface area (Å²) in [4.78, 5) is 2.69. The van der Waals surface area contributed by atoms with Gasteiger partial charge in [-0.2, -0.15) is 5.10 Å². The lowest BCUT2D eigenvalue weighted by atomic mass is 9.68. The lowest BCUT2D eigenvalue weighted by molar-refractivity contribution is -0.0231. The largest absolute Gasteiger partial charge is 0.388 e. The number of nitrogens with one attached hydrogen (secondary N) is 1. The quantitative estimate of drug-likeness (QED) is 0.796. The van der Waals surface area contributed by atoms with Gasteiger partial charge in [-0.1, -0.05) is 38.3 Å². The zero-order chi connectivity index (χ0) is 18.3. The summed E-state index contributed by atoms with van der Waals surface area (Å²) in [6.45, 7) is 6.74. The first-order chi connectivity index (χ1) is 12.5. The third kappa shape index (κ3) is 3.28. The molecule has 0 bridgehead atoms. The smallest absolute Gasteiger partial charge is 0.0864 e. The van der Waals surface area contributed by atoms with E-state index in [4.69, 9.17) is 11.6 Å². The van der Waals surface area contributed by atoms with E-state index in [1.807, 2.05) is 12.1 Å². The fraction of sp³-hybridized carbons (Fsp3) is 0.667. The molecule has 1 saturated heterocycles. The number of hydrogen-bond acceptors (Lipinski definition) is 3. The van der Waals surface area contributed by atoms with E-state index in [-0.39, 0.29) is 5.41 Å². The summed E-state index contributed by atoms with van der Waals surface area (Å²) >= 11 is 6.29. The Bertz CT molecular complexity index is 758. The summed E-state index contributed by atoms with van der Waals surface area (Å²) in [5.41, 5.74) is 1.57. The summed E-state index contributed by atoms with van der Waals surface area (Å²) in [6.07, 6.45) is 9.05. The average Bonchev–Trinajstić information content (AvgIpc) is 3.32. The maximum Gasteiger partial charge on any atom is 0.0864 e. The highest BCUT2D eigenvalue weighted by Gasteiger charge is 2.40. The zero-order valence-electron chi connectivity index (χ0n) is 15.8. The van der Waals surface area contributed by atoms with Gasteiger partial charge in [-0.3, -0.25) is 5.10 Å². The molecular formula is C21H30ClN3O. The monoisotopic (exact) mass is 375 g/mol. The predicted octanol–water partition coefficient (Wildman–Crippen LogP) is 4.93. The van der Waals surface area contributed by atoms with Crippen LogP contribution in [0.15, 0.2) is 18.3 Å². The molecule has 1 aromatic carbocycles. The minimum atomic E-state index is -0.563. The number of hydrogen-bond donors (Lipinski definition) is 2. The van der Waals surface area contributed by atoms with Gasteiger partial charge >= 0.3 is 0 Å². The number of aromatic amines is 1. The summed E-state index contributed by atoms with van der Waals surface area (Å²) < 4.78 is 0. The topological polar surface area (TPSA) is 52.1 Å². The van der Waals surface area contributed by atoms with Crippen LogP contribution in [0.25, 0.3) is 10.9 Å². The van der Waals surface area contributed by atoms with Crippen LogP contribution in [0.5, 0.6) is 0 Å². The minimum Gasteiger partial charge on any atom is -0.388 e. The van der Waals surface area contributed by atoms with Crippen LogP contribution in [0, 0.1) is 11.3 Å². The number of piperidine rings is 1. The lowest BCUT2D eigenvalue weighted by Crippen LogP contribution is -2.44. The molecule has 2 N–H and O–H groups in total. The molecule has 1 atom stereocenters. The van der Waals surface area contributed by atoms with Crippen molar-refractivity contribution in [3.05, 3.63) is 28.9 Å². The Kier molecular flexibility index (Phi) is 5.02. The van der Waals surface area contributed by atoms with Crippen LogP contribution in [0.3, 0.4) is 0 Å². The molecule has 2 aliphatic rings. The van der Waals surface area contributed by atoms with E-state index in [1.54, 1.807) is 6.20 Å². The van der Waals surface area contributed by atoms with Gasteiger partial charge in [0.2, 0.25) is 0 Å². The maximum absolute atomic E-state index is 11.3. The first-order valence-corrected chi connectivity index (χ1v) is 10.4. The summed E-state index contributed by atoms with van der Waals surface area (Å²) in [5.74, 6) is 0.507. The van der Waals surface area contributed by atoms with Crippen molar-refractivity contribution in [1.29, 1.82) is 0 Å². The Labute approximate surface area is 160 Å². The first-order valence-electron chi connectivity index (χ1n) is 10.0. The Morgan fingerprint density at radius 2 is 1.88 bits per heavy atom. The van der Waals surface area contributed by atoms with Crippen molar-refractivity contribution in [2.75, 3.05) is 13.1 Å². The third-order valence-electron chi connectivity index (χ3n) is 6.97. The number of aromatic nitrogens is 2. The van der Waals surface area contributed by atoms with E-state index < -0.39 is 6.10 Å². The van der Waals surface area contributed by atoms with Gasteiger partial charge in [0.15, 0.2) is 0 Å². The number of benzene rings is 1. The molecule has 1 aliphatic carbocycles. The number of likely N-dealkylation sites (tertiary alicyclic amines) is 1. The van der Waals surface area contributed by atoms with Crippen LogP contribution >= 0.6 is 11.6 Å². The van der Waals surface area contributed by atoms with Crippen molar-refractivity contribution in [2.45, 2.75) is 64.5 Å². The van der Waals surface area contributed by atoms with E-state index in [9.17, 15) is 5.11 Å². The average molecular weight is 376 g/mol. The van der Waals surface area contributed by atoms with Crippen molar-refractivity contribution >= 4 is 22.5 Å². The van der Waals surface area contributed by atoms with Crippen LogP contribution in [0.1, 0.15) is 64.0 Å². The Hall–Kier alpha value is -1.10. The highest BCUT2D eigenvalue weighted by Crippen LogP contribution is 2.46. The van der Waals surface area contributed by atoms with Gasteiger partial charge in [-0.05, 0) is 62.2 Å². The number of halogens is 1. The fourth-order valence-electron chi connectivity index (χ4n) is 5.16. The number of aliphatic hydroxyl groups excluding tert-OH is 1. The molecule has 2 fully saturated rings. The van der Waals surface area contributed by atoms with Crippen molar-refractivity contribution in [2.24, 2.45) is 11.3 Å². The van der Waals surface area contributed by atoms with Crippen LogP contribution < -0.4 is 0 Å². The Balaban J connectivity index is 1.51. The number of fused-ring (bicyclic) bond motifs is 1. The molecule has 26 heavy (non-hydrogen) atoms. The molecule has 142 valence electrons. The maximum atomic E-state index is 11.3. The molecule has 1 aliphatic heterocycles. The normalized spacial score (nSPS) is 22.3. The number of nitrogens with zero attached hydrogens (tertiary/aromatic N) is 2. The SMILES string of the molecule is CC(C)(C1CCN(C2CCCC2)CC1)C(O)c1cc(Cl)cc2cn[nH]c12. The summed E-state index contributed by atoms with van der Waals surface area (Å²) in [6, 6.07) is 4.59. The Morgan fingerprint density at radius 1 is 1.19 bits per heavy atom.